The van der Waals surface area contributed by atoms with Gasteiger partial charge in [-0.25, -0.2) is 15.4 Å². The number of hydrazine groups is 1. The van der Waals surface area contributed by atoms with Crippen molar-refractivity contribution >= 4 is 11.6 Å². The first-order valence-corrected chi connectivity index (χ1v) is 11.0. The quantitative estimate of drug-likeness (QED) is 0.511. The molecule has 4 N–H and O–H groups in total. The Kier molecular flexibility index (Phi) is 6.57. The van der Waals surface area contributed by atoms with Gasteiger partial charge in [0.2, 0.25) is 11.9 Å². The Hall–Kier alpha value is -3.49. The molecule has 1 atom stereocenters. The molecule has 0 radical (unpaired) electrons. The molecule has 4 heterocycles. The number of primary amides is 1. The predicted octanol–water partition coefficient (Wildman–Crippen LogP) is 1.31. The lowest BCUT2D eigenvalue weighted by Crippen LogP contribution is -2.58. The molecule has 11 heteroatoms. The molecule has 0 spiro atoms. The molecule has 2 aliphatic rings. The topological polar surface area (TPSA) is 128 Å². The number of nitriles is 1. The van der Waals surface area contributed by atoms with Gasteiger partial charge in [-0.1, -0.05) is 0 Å². The van der Waals surface area contributed by atoms with Crippen LogP contribution >= 0.6 is 0 Å². The fourth-order valence-corrected chi connectivity index (χ4v) is 4.47. The zero-order valence-corrected chi connectivity index (χ0v) is 18.5. The van der Waals surface area contributed by atoms with Crippen molar-refractivity contribution in [1.29, 1.82) is 5.26 Å². The number of nitrogens with two attached hydrogens (primary N) is 1. The molecule has 1 amide bonds. The van der Waals surface area contributed by atoms with E-state index >= 15 is 0 Å². The van der Waals surface area contributed by atoms with E-state index in [4.69, 9.17) is 5.73 Å². The number of pyridine rings is 1. The zero-order chi connectivity index (χ0) is 23.4. The van der Waals surface area contributed by atoms with Crippen molar-refractivity contribution in [3.8, 4) is 6.07 Å². The van der Waals surface area contributed by atoms with Gasteiger partial charge in [0.25, 0.3) is 0 Å². The van der Waals surface area contributed by atoms with Gasteiger partial charge in [-0.05, 0) is 25.8 Å². The molecular weight excluding hydrogens is 425 g/mol. The van der Waals surface area contributed by atoms with Gasteiger partial charge in [-0.2, -0.15) is 9.65 Å². The number of aromatic nitrogens is 3. The van der Waals surface area contributed by atoms with Crippen LogP contribution in [0.5, 0.6) is 0 Å². The van der Waals surface area contributed by atoms with Gasteiger partial charge in [-0.15, -0.1) is 0 Å². The second-order valence-electron chi connectivity index (χ2n) is 8.36. The van der Waals surface area contributed by atoms with E-state index < -0.39 is 23.6 Å². The molecule has 1 fully saturated rings. The van der Waals surface area contributed by atoms with Crippen LogP contribution in [-0.4, -0.2) is 55.1 Å². The maximum absolute atomic E-state index is 13.5. The first-order valence-electron chi connectivity index (χ1n) is 11.0. The van der Waals surface area contributed by atoms with E-state index in [1.165, 1.54) is 12.3 Å². The number of anilines is 1. The van der Waals surface area contributed by atoms with Gasteiger partial charge >= 0.3 is 0 Å². The summed E-state index contributed by atoms with van der Waals surface area (Å²) < 4.78 is 15.6. The molecule has 0 aliphatic carbocycles. The fraction of sp³-hybridized carbons (Fsp3) is 0.455. The number of carbonyl (C=O) groups excluding carboxylic acids is 1. The number of likely N-dealkylation sites (tertiary alicyclic amines) is 1. The van der Waals surface area contributed by atoms with Crippen molar-refractivity contribution in [2.45, 2.75) is 51.0 Å². The molecule has 2 aromatic heterocycles. The number of aryl methyl sites for hydroxylation is 1. The molecule has 1 unspecified atom stereocenters. The summed E-state index contributed by atoms with van der Waals surface area (Å²) in [6.07, 6.45) is 7.90. The molecule has 10 nitrogen and oxygen atoms in total. The average molecular weight is 454 g/mol. The van der Waals surface area contributed by atoms with Crippen LogP contribution in [0.2, 0.25) is 0 Å². The highest BCUT2D eigenvalue weighted by Gasteiger charge is 2.43. The van der Waals surface area contributed by atoms with Crippen LogP contribution in [0.1, 0.15) is 32.0 Å². The Balaban J connectivity index is 1.48. The highest BCUT2D eigenvalue weighted by molar-refractivity contribution is 5.94. The van der Waals surface area contributed by atoms with E-state index in [9.17, 15) is 14.4 Å². The number of amides is 1. The van der Waals surface area contributed by atoms with Crippen LogP contribution in [0.25, 0.3) is 0 Å². The van der Waals surface area contributed by atoms with E-state index in [0.29, 0.717) is 11.3 Å². The zero-order valence-electron chi connectivity index (χ0n) is 18.5. The Bertz CT molecular complexity index is 1070. The van der Waals surface area contributed by atoms with Crippen molar-refractivity contribution in [3.05, 3.63) is 54.3 Å². The lowest BCUT2D eigenvalue weighted by molar-refractivity contribution is -0.114. The Morgan fingerprint density at radius 1 is 1.39 bits per heavy atom. The summed E-state index contributed by atoms with van der Waals surface area (Å²) in [4.78, 5) is 22.5. The summed E-state index contributed by atoms with van der Waals surface area (Å²) in [6, 6.07) is 5.16. The molecule has 174 valence electrons. The molecule has 2 aliphatic heterocycles. The molecule has 33 heavy (non-hydrogen) atoms. The van der Waals surface area contributed by atoms with Crippen LogP contribution in [0.3, 0.4) is 0 Å². The van der Waals surface area contributed by atoms with Crippen molar-refractivity contribution < 1.29 is 9.18 Å². The summed E-state index contributed by atoms with van der Waals surface area (Å²) >= 11 is 0. The van der Waals surface area contributed by atoms with Crippen molar-refractivity contribution in [2.24, 2.45) is 5.73 Å². The molecule has 2 aromatic rings. The molecule has 1 saturated heterocycles. The van der Waals surface area contributed by atoms with E-state index in [0.717, 1.165) is 44.8 Å². The van der Waals surface area contributed by atoms with Crippen molar-refractivity contribution in [2.75, 3.05) is 18.4 Å². The smallest absolute Gasteiger partial charge is 0.249 e. The number of rotatable bonds is 8. The number of hydrogen-bond acceptors (Lipinski definition) is 8. The van der Waals surface area contributed by atoms with Gasteiger partial charge in [0.1, 0.15) is 12.0 Å². The summed E-state index contributed by atoms with van der Waals surface area (Å²) in [6.45, 7) is 5.27. The van der Waals surface area contributed by atoms with E-state index in [-0.39, 0.29) is 6.42 Å². The first kappa shape index (κ1) is 22.7. The number of piperidine rings is 1. The lowest BCUT2D eigenvalue weighted by Gasteiger charge is -2.46. The molecule has 0 saturated carbocycles. The first-order chi connectivity index (χ1) is 15.9. The maximum Gasteiger partial charge on any atom is 0.249 e. The standard InChI is InChI=1S/C22H28FN9O/c1-2-31-12-9-27-19(31)15-30-10-5-22(4-7-24,6-11-30)32-14-17(20(25)33)21(29-32)28-16-3-8-26-18(23)13-16/h3,8-9,12-14,21,29H,2,4-6,10-11,15H2,1H3,(H2,25,33)(H,26,28). The Morgan fingerprint density at radius 2 is 2.18 bits per heavy atom. The third-order valence-electron chi connectivity index (χ3n) is 6.38. The minimum Gasteiger partial charge on any atom is -0.366 e. The Morgan fingerprint density at radius 3 is 2.85 bits per heavy atom. The minimum absolute atomic E-state index is 0.288. The summed E-state index contributed by atoms with van der Waals surface area (Å²) in [5.74, 6) is -0.196. The normalized spacial score (nSPS) is 20.3. The number of halogens is 1. The average Bonchev–Trinajstić information content (AvgIpc) is 3.42. The number of carbonyl (C=O) groups is 1. The number of nitrogens with zero attached hydrogens (tertiary/aromatic N) is 6. The van der Waals surface area contributed by atoms with Crippen molar-refractivity contribution in [1.82, 2.24) is 29.9 Å². The second-order valence-corrected chi connectivity index (χ2v) is 8.36. The SMILES string of the molecule is CCn1ccnc1CN1CCC(CC#N)(N2C=C(C(N)=O)C(Nc3ccnc(F)c3)N2)CC1. The second kappa shape index (κ2) is 9.56. The number of nitrogens with one attached hydrogen (secondary N) is 2. The van der Waals surface area contributed by atoms with Crippen LogP contribution < -0.4 is 16.5 Å². The largest absolute Gasteiger partial charge is 0.366 e. The van der Waals surface area contributed by atoms with Gasteiger partial charge in [0.15, 0.2) is 0 Å². The maximum atomic E-state index is 13.5. The van der Waals surface area contributed by atoms with Gasteiger partial charge < -0.3 is 20.6 Å². The fourth-order valence-electron chi connectivity index (χ4n) is 4.47. The minimum atomic E-state index is -0.644. The summed E-state index contributed by atoms with van der Waals surface area (Å²) in [7, 11) is 0. The number of imidazole rings is 1. The van der Waals surface area contributed by atoms with E-state index in [1.807, 2.05) is 17.4 Å². The van der Waals surface area contributed by atoms with Crippen LogP contribution in [-0.2, 0) is 17.9 Å². The van der Waals surface area contributed by atoms with E-state index in [2.05, 4.69) is 43.2 Å². The molecular formula is C22H28FN9O. The van der Waals surface area contributed by atoms with Crippen LogP contribution in [0.15, 0.2) is 42.5 Å². The van der Waals surface area contributed by atoms with Gasteiger partial charge in [-0.3, -0.25) is 9.69 Å². The third kappa shape index (κ3) is 4.81. The molecule has 4 rings (SSSR count). The van der Waals surface area contributed by atoms with E-state index in [1.54, 1.807) is 12.3 Å². The van der Waals surface area contributed by atoms with Crippen molar-refractivity contribution in [3.63, 3.8) is 0 Å². The summed E-state index contributed by atoms with van der Waals surface area (Å²) in [5, 5.41) is 14.5. The highest BCUT2D eigenvalue weighted by Crippen LogP contribution is 2.35. The monoisotopic (exact) mass is 453 g/mol. The molecule has 0 bridgehead atoms. The summed E-state index contributed by atoms with van der Waals surface area (Å²) in [5.41, 5.74) is 9.17. The lowest BCUT2D eigenvalue weighted by atomic mass is 9.84. The predicted molar refractivity (Wildman–Crippen MR) is 119 cm³/mol. The van der Waals surface area contributed by atoms with Gasteiger partial charge in [0.05, 0.1) is 30.1 Å². The highest BCUT2D eigenvalue weighted by atomic mass is 19.1. The van der Waals surface area contributed by atoms with Crippen LogP contribution in [0.4, 0.5) is 10.1 Å². The third-order valence-corrected chi connectivity index (χ3v) is 6.38. The van der Waals surface area contributed by atoms with Crippen LogP contribution in [0, 0.1) is 17.3 Å². The Labute approximate surface area is 191 Å². The van der Waals surface area contributed by atoms with Gasteiger partial charge in [0, 0.05) is 56.2 Å². The molecule has 0 aromatic carbocycles. The number of hydrogen-bond donors (Lipinski definition) is 3.